The van der Waals surface area contributed by atoms with Crippen molar-refractivity contribution in [1.82, 2.24) is 0 Å². The third-order valence-corrected chi connectivity index (χ3v) is 1.54. The van der Waals surface area contributed by atoms with Crippen molar-refractivity contribution in [3.63, 3.8) is 0 Å². The van der Waals surface area contributed by atoms with Crippen LogP contribution in [0.3, 0.4) is 0 Å². The maximum absolute atomic E-state index is 11.1. The van der Waals surface area contributed by atoms with Gasteiger partial charge in [0.2, 0.25) is 0 Å². The van der Waals surface area contributed by atoms with Crippen LogP contribution in [0.25, 0.3) is 0 Å². The molecule has 1 saturated heterocycles. The Kier molecular flexibility index (Phi) is 3.81. The van der Waals surface area contributed by atoms with Crippen LogP contribution in [-0.2, 0) is 23.8 Å². The van der Waals surface area contributed by atoms with Crippen LogP contribution in [-0.4, -0.2) is 49.2 Å². The quantitative estimate of drug-likeness (QED) is 0.527. The Hall–Kier alpha value is -1.18. The Balaban J connectivity index is 2.23. The number of carboxylic acid groups (broad SMARTS) is 1. The third-order valence-electron chi connectivity index (χ3n) is 1.54. The molecule has 0 aromatic heterocycles. The maximum atomic E-state index is 11.1. The number of ether oxygens (including phenoxy) is 3. The molecule has 7 nitrogen and oxygen atoms in total. The monoisotopic (exact) mass is 205 g/mol. The molecule has 3 N–H and O–H groups in total. The zero-order valence-electron chi connectivity index (χ0n) is 7.34. The molecule has 0 aromatic carbocycles. The van der Waals surface area contributed by atoms with Gasteiger partial charge in [0.15, 0.2) is 0 Å². The van der Waals surface area contributed by atoms with Crippen LogP contribution in [0.4, 0.5) is 0 Å². The number of carbonyl (C=O) groups is 2. The summed E-state index contributed by atoms with van der Waals surface area (Å²) in [5, 5.41) is 8.38. The number of hydrogen-bond acceptors (Lipinski definition) is 6. The molecule has 0 bridgehead atoms. The van der Waals surface area contributed by atoms with Crippen molar-refractivity contribution in [1.29, 1.82) is 0 Å². The fourth-order valence-corrected chi connectivity index (χ4v) is 0.806. The highest BCUT2D eigenvalue weighted by Gasteiger charge is 2.27. The van der Waals surface area contributed by atoms with Crippen molar-refractivity contribution < 1.29 is 28.9 Å². The average molecular weight is 205 g/mol. The number of hydrogen-bond donors (Lipinski definition) is 2. The largest absolute Gasteiger partial charge is 0.480 e. The van der Waals surface area contributed by atoms with Crippen LogP contribution in [0.5, 0.6) is 0 Å². The van der Waals surface area contributed by atoms with Crippen LogP contribution >= 0.6 is 0 Å². The minimum absolute atomic E-state index is 0.324. The molecule has 1 fully saturated rings. The van der Waals surface area contributed by atoms with Gasteiger partial charge >= 0.3 is 11.9 Å². The van der Waals surface area contributed by atoms with E-state index in [4.69, 9.17) is 20.3 Å². The van der Waals surface area contributed by atoms with E-state index in [1.807, 2.05) is 0 Å². The molecule has 14 heavy (non-hydrogen) atoms. The van der Waals surface area contributed by atoms with Crippen molar-refractivity contribution in [3.05, 3.63) is 0 Å². The Morgan fingerprint density at radius 2 is 2.07 bits per heavy atom. The minimum atomic E-state index is -1.23. The van der Waals surface area contributed by atoms with Gasteiger partial charge in [-0.25, -0.2) is 4.79 Å². The highest BCUT2D eigenvalue weighted by molar-refractivity contribution is 5.76. The molecule has 1 unspecified atom stereocenters. The summed E-state index contributed by atoms with van der Waals surface area (Å²) < 4.78 is 14.2. The highest BCUT2D eigenvalue weighted by Crippen LogP contribution is 2.05. The average Bonchev–Trinajstić information content (AvgIpc) is 2.66. The molecule has 1 aliphatic heterocycles. The molecule has 0 spiro atoms. The van der Waals surface area contributed by atoms with Crippen LogP contribution in [0.2, 0.25) is 0 Å². The predicted octanol–water partition coefficient (Wildman–Crippen LogP) is -1.69. The second-order valence-corrected chi connectivity index (χ2v) is 2.65. The van der Waals surface area contributed by atoms with Gasteiger partial charge in [0, 0.05) is 0 Å². The van der Waals surface area contributed by atoms with E-state index in [1.165, 1.54) is 0 Å². The number of rotatable bonds is 4. The molecule has 0 saturated carbocycles. The van der Waals surface area contributed by atoms with E-state index in [1.54, 1.807) is 0 Å². The first kappa shape index (κ1) is 10.9. The van der Waals surface area contributed by atoms with Gasteiger partial charge in [0.1, 0.15) is 12.6 Å². The molecule has 7 heteroatoms. The molecular formula is C7H11NO6. The zero-order valence-corrected chi connectivity index (χ0v) is 7.34. The molecule has 0 radical (unpaired) electrons. The summed E-state index contributed by atoms with van der Waals surface area (Å²) in [5.41, 5.74) is 5.11. The second kappa shape index (κ2) is 4.89. The molecule has 0 amide bonds. The fourth-order valence-electron chi connectivity index (χ4n) is 0.806. The van der Waals surface area contributed by atoms with Gasteiger partial charge in [0.25, 0.3) is 6.29 Å². The van der Waals surface area contributed by atoms with Crippen molar-refractivity contribution in [2.75, 3.05) is 19.8 Å². The second-order valence-electron chi connectivity index (χ2n) is 2.65. The topological polar surface area (TPSA) is 108 Å². The highest BCUT2D eigenvalue weighted by atomic mass is 16.7. The van der Waals surface area contributed by atoms with E-state index in [9.17, 15) is 9.59 Å². The Morgan fingerprint density at radius 3 is 2.57 bits per heavy atom. The van der Waals surface area contributed by atoms with E-state index in [2.05, 4.69) is 4.74 Å². The Labute approximate surface area is 79.7 Å². The summed E-state index contributed by atoms with van der Waals surface area (Å²) in [6, 6.07) is -1.22. The molecule has 1 atom stereocenters. The Bertz CT molecular complexity index is 224. The lowest BCUT2D eigenvalue weighted by Crippen LogP contribution is -2.37. The molecule has 80 valence electrons. The van der Waals surface area contributed by atoms with Gasteiger partial charge in [-0.2, -0.15) is 0 Å². The van der Waals surface area contributed by atoms with Crippen LogP contribution in [0, 0.1) is 0 Å². The molecule has 1 rings (SSSR count). The van der Waals surface area contributed by atoms with E-state index < -0.39 is 30.9 Å². The lowest BCUT2D eigenvalue weighted by atomic mass is 10.3. The van der Waals surface area contributed by atoms with E-state index in [0.717, 1.165) is 0 Å². The SMILES string of the molecule is NC(COC(=O)C1OCCO1)C(=O)O. The van der Waals surface area contributed by atoms with E-state index in [0.29, 0.717) is 13.2 Å². The summed E-state index contributed by atoms with van der Waals surface area (Å²) in [6.07, 6.45) is -1.05. The molecule has 0 aromatic rings. The van der Waals surface area contributed by atoms with Crippen molar-refractivity contribution in [3.8, 4) is 0 Å². The lowest BCUT2D eigenvalue weighted by Gasteiger charge is -2.10. The zero-order chi connectivity index (χ0) is 10.6. The minimum Gasteiger partial charge on any atom is -0.480 e. The molecule has 1 heterocycles. The summed E-state index contributed by atoms with van der Waals surface area (Å²) >= 11 is 0. The van der Waals surface area contributed by atoms with Crippen LogP contribution in [0.1, 0.15) is 0 Å². The van der Waals surface area contributed by atoms with Crippen molar-refractivity contribution >= 4 is 11.9 Å². The molecule has 1 aliphatic rings. The van der Waals surface area contributed by atoms with Crippen molar-refractivity contribution in [2.24, 2.45) is 5.73 Å². The van der Waals surface area contributed by atoms with E-state index in [-0.39, 0.29) is 0 Å². The summed E-state index contributed by atoms with van der Waals surface area (Å²) in [5.74, 6) is -1.98. The smallest absolute Gasteiger partial charge is 0.363 e. The normalized spacial score (nSPS) is 19.2. The number of esters is 1. The van der Waals surface area contributed by atoms with Gasteiger partial charge < -0.3 is 25.1 Å². The molecule has 0 aliphatic carbocycles. The van der Waals surface area contributed by atoms with Crippen LogP contribution in [0.15, 0.2) is 0 Å². The van der Waals surface area contributed by atoms with Gasteiger partial charge in [-0.15, -0.1) is 0 Å². The first-order valence-electron chi connectivity index (χ1n) is 3.99. The van der Waals surface area contributed by atoms with Gasteiger partial charge in [0.05, 0.1) is 13.2 Å². The fraction of sp³-hybridized carbons (Fsp3) is 0.714. The van der Waals surface area contributed by atoms with Gasteiger partial charge in [-0.3, -0.25) is 4.79 Å². The summed E-state index contributed by atoms with van der Waals surface area (Å²) in [4.78, 5) is 21.3. The molecular weight excluding hydrogens is 194 g/mol. The first-order chi connectivity index (χ1) is 6.61. The van der Waals surface area contributed by atoms with Crippen molar-refractivity contribution in [2.45, 2.75) is 12.3 Å². The number of nitrogens with two attached hydrogens (primary N) is 1. The lowest BCUT2D eigenvalue weighted by molar-refractivity contribution is -0.173. The van der Waals surface area contributed by atoms with E-state index >= 15 is 0 Å². The number of aliphatic carboxylic acids is 1. The van der Waals surface area contributed by atoms with Gasteiger partial charge in [-0.1, -0.05) is 0 Å². The summed E-state index contributed by atoms with van der Waals surface area (Å²) in [6.45, 7) is 0.257. The first-order valence-corrected chi connectivity index (χ1v) is 3.99. The Morgan fingerprint density at radius 1 is 1.50 bits per heavy atom. The van der Waals surface area contributed by atoms with Gasteiger partial charge in [-0.05, 0) is 0 Å². The maximum Gasteiger partial charge on any atom is 0.363 e. The number of carboxylic acids is 1. The van der Waals surface area contributed by atoms with Crippen LogP contribution < -0.4 is 5.73 Å². The standard InChI is InChI=1S/C7H11NO6/c8-4(5(9)10)3-14-6(11)7-12-1-2-13-7/h4,7H,1-3,8H2,(H,9,10). The summed E-state index contributed by atoms with van der Waals surface area (Å²) in [7, 11) is 0. The predicted molar refractivity (Wildman–Crippen MR) is 42.3 cm³/mol. The third kappa shape index (κ3) is 2.95. The number of carbonyl (C=O) groups excluding carboxylic acids is 1.